The molecule has 0 aliphatic carbocycles. The second-order valence-electron chi connectivity index (χ2n) is 5.84. The number of para-hydroxylation sites is 1. The number of benzene rings is 1. The lowest BCUT2D eigenvalue weighted by atomic mass is 10.0. The Morgan fingerprint density at radius 3 is 2.92 bits per heavy atom. The van der Waals surface area contributed by atoms with E-state index in [2.05, 4.69) is 5.32 Å². The van der Waals surface area contributed by atoms with Crippen LogP contribution in [-0.2, 0) is 14.3 Å². The number of hydrogen-bond donors (Lipinski definition) is 1. The largest absolute Gasteiger partial charge is 0.442 e. The van der Waals surface area contributed by atoms with Gasteiger partial charge in [-0.05, 0) is 6.07 Å². The second kappa shape index (κ2) is 7.14. The molecule has 24 heavy (non-hydrogen) atoms. The highest BCUT2D eigenvalue weighted by Crippen LogP contribution is 2.33. The molecule has 1 aromatic rings. The molecular weight excluding hydrogens is 317 g/mol. The Balaban J connectivity index is 1.77. The number of carbonyl (C=O) groups excluding carboxylic acids is 2. The number of rotatable bonds is 4. The average molecular weight is 337 g/mol. The number of cyclic esters (lactones) is 1. The molecule has 0 saturated carbocycles. The van der Waals surface area contributed by atoms with E-state index in [1.807, 2.05) is 18.2 Å². The average Bonchev–Trinajstić information content (AvgIpc) is 2.94. The molecule has 2 amide bonds. The van der Waals surface area contributed by atoms with Gasteiger partial charge in [0.15, 0.2) is 0 Å². The summed E-state index contributed by atoms with van der Waals surface area (Å²) >= 11 is 0. The molecule has 2 unspecified atom stereocenters. The zero-order valence-corrected chi connectivity index (χ0v) is 13.4. The van der Waals surface area contributed by atoms with Crippen molar-refractivity contribution in [2.75, 3.05) is 37.7 Å². The molecule has 0 radical (unpaired) electrons. The molecule has 1 N–H and O–H groups in total. The third-order valence-corrected chi connectivity index (χ3v) is 4.04. The van der Waals surface area contributed by atoms with Crippen LogP contribution in [0.15, 0.2) is 24.3 Å². The quantitative estimate of drug-likeness (QED) is 0.841. The molecule has 0 aromatic heterocycles. The lowest BCUT2D eigenvalue weighted by Gasteiger charge is -2.29. The number of nitrogens with zero attached hydrogens (tertiary/aromatic N) is 2. The number of amides is 2. The fraction of sp³-hybridized carbons (Fsp3) is 0.500. The molecule has 8 heteroatoms. The maximum absolute atomic E-state index is 13.6. The van der Waals surface area contributed by atoms with Gasteiger partial charge in [-0.1, -0.05) is 18.2 Å². The molecular formula is C16H20FN3O4. The Labute approximate surface area is 139 Å². The lowest BCUT2D eigenvalue weighted by molar-refractivity contribution is -0.119. The topological polar surface area (TPSA) is 71.1 Å². The SMILES string of the molecule is CC(=O)NCC1CN(c2ccccc2C2CN(F)CCO2)C(=O)O1. The first-order valence-electron chi connectivity index (χ1n) is 7.88. The van der Waals surface area contributed by atoms with Crippen LogP contribution in [0, 0.1) is 0 Å². The summed E-state index contributed by atoms with van der Waals surface area (Å²) in [6, 6.07) is 7.25. The number of morpholine rings is 1. The normalized spacial score (nSPS) is 24.8. The van der Waals surface area contributed by atoms with Gasteiger partial charge in [0, 0.05) is 12.5 Å². The van der Waals surface area contributed by atoms with Gasteiger partial charge < -0.3 is 14.8 Å². The van der Waals surface area contributed by atoms with Crippen molar-refractivity contribution in [3.63, 3.8) is 0 Å². The van der Waals surface area contributed by atoms with E-state index in [4.69, 9.17) is 9.47 Å². The first kappa shape index (κ1) is 16.7. The van der Waals surface area contributed by atoms with E-state index < -0.39 is 18.3 Å². The van der Waals surface area contributed by atoms with Gasteiger partial charge in [-0.25, -0.2) is 4.79 Å². The third-order valence-electron chi connectivity index (χ3n) is 4.04. The summed E-state index contributed by atoms with van der Waals surface area (Å²) in [6.45, 7) is 2.65. The molecule has 2 heterocycles. The van der Waals surface area contributed by atoms with Crippen LogP contribution in [0.3, 0.4) is 0 Å². The fourth-order valence-electron chi connectivity index (χ4n) is 2.89. The first-order chi connectivity index (χ1) is 11.5. The van der Waals surface area contributed by atoms with Gasteiger partial charge >= 0.3 is 6.09 Å². The Morgan fingerprint density at radius 1 is 1.38 bits per heavy atom. The van der Waals surface area contributed by atoms with Crippen molar-refractivity contribution in [2.45, 2.75) is 19.1 Å². The molecule has 2 aliphatic heterocycles. The third kappa shape index (κ3) is 3.65. The summed E-state index contributed by atoms with van der Waals surface area (Å²) in [5.41, 5.74) is 1.39. The van der Waals surface area contributed by atoms with E-state index >= 15 is 0 Å². The molecule has 3 rings (SSSR count). The smallest absolute Gasteiger partial charge is 0.414 e. The van der Waals surface area contributed by atoms with Gasteiger partial charge in [-0.3, -0.25) is 9.69 Å². The van der Waals surface area contributed by atoms with Crippen LogP contribution in [0.2, 0.25) is 0 Å². The molecule has 1 aromatic carbocycles. The maximum atomic E-state index is 13.6. The van der Waals surface area contributed by atoms with Gasteiger partial charge in [0.1, 0.15) is 6.10 Å². The van der Waals surface area contributed by atoms with Crippen LogP contribution < -0.4 is 10.2 Å². The zero-order chi connectivity index (χ0) is 17.1. The first-order valence-corrected chi connectivity index (χ1v) is 7.88. The molecule has 2 aliphatic rings. The Bertz CT molecular complexity index is 627. The molecule has 2 saturated heterocycles. The predicted octanol–water partition coefficient (Wildman–Crippen LogP) is 1.41. The number of carbonyl (C=O) groups is 2. The Morgan fingerprint density at radius 2 is 2.17 bits per heavy atom. The van der Waals surface area contributed by atoms with E-state index in [0.29, 0.717) is 24.0 Å². The van der Waals surface area contributed by atoms with Gasteiger partial charge in [-0.2, -0.15) is 0 Å². The van der Waals surface area contributed by atoms with Gasteiger partial charge in [0.25, 0.3) is 0 Å². The number of ether oxygens (including phenoxy) is 2. The summed E-state index contributed by atoms with van der Waals surface area (Å²) < 4.78 is 24.5. The highest BCUT2D eigenvalue weighted by molar-refractivity contribution is 5.91. The van der Waals surface area contributed by atoms with E-state index in [1.54, 1.807) is 6.07 Å². The van der Waals surface area contributed by atoms with Crippen LogP contribution in [-0.4, -0.2) is 56.0 Å². The number of anilines is 1. The van der Waals surface area contributed by atoms with Crippen molar-refractivity contribution in [3.8, 4) is 0 Å². The van der Waals surface area contributed by atoms with Crippen LogP contribution in [0.4, 0.5) is 15.0 Å². The van der Waals surface area contributed by atoms with Crippen molar-refractivity contribution in [2.24, 2.45) is 0 Å². The maximum Gasteiger partial charge on any atom is 0.414 e. The van der Waals surface area contributed by atoms with Crippen LogP contribution >= 0.6 is 0 Å². The van der Waals surface area contributed by atoms with Crippen LogP contribution in [0.25, 0.3) is 0 Å². The molecule has 7 nitrogen and oxygen atoms in total. The van der Waals surface area contributed by atoms with Crippen molar-refractivity contribution < 1.29 is 23.5 Å². The second-order valence-corrected chi connectivity index (χ2v) is 5.84. The van der Waals surface area contributed by atoms with Gasteiger partial charge in [0.05, 0.1) is 44.6 Å². The summed E-state index contributed by atoms with van der Waals surface area (Å²) in [6.07, 6.45) is -1.34. The van der Waals surface area contributed by atoms with E-state index in [9.17, 15) is 14.1 Å². The van der Waals surface area contributed by atoms with Crippen molar-refractivity contribution in [1.29, 1.82) is 0 Å². The number of halogens is 1. The van der Waals surface area contributed by atoms with Crippen LogP contribution in [0.1, 0.15) is 18.6 Å². The molecule has 2 fully saturated rings. The Hall–Kier alpha value is -2.19. The standard InChI is InChI=1S/C16H20FN3O4/c1-11(21)18-8-12-9-20(16(22)24-12)14-5-3-2-4-13(14)15-10-19(17)6-7-23-15/h2-5,12,15H,6-10H2,1H3,(H,18,21). The van der Waals surface area contributed by atoms with Gasteiger partial charge in [0.2, 0.25) is 5.91 Å². The van der Waals surface area contributed by atoms with E-state index in [1.165, 1.54) is 11.8 Å². The molecule has 0 spiro atoms. The predicted molar refractivity (Wildman–Crippen MR) is 84.1 cm³/mol. The highest BCUT2D eigenvalue weighted by Gasteiger charge is 2.35. The highest BCUT2D eigenvalue weighted by atomic mass is 19.2. The summed E-state index contributed by atoms with van der Waals surface area (Å²) in [4.78, 5) is 24.7. The minimum absolute atomic E-state index is 0.120. The molecule has 0 bridgehead atoms. The number of nitrogens with one attached hydrogen (secondary N) is 1. The fourth-order valence-corrected chi connectivity index (χ4v) is 2.89. The number of hydrogen-bond acceptors (Lipinski definition) is 5. The summed E-state index contributed by atoms with van der Waals surface area (Å²) in [5.74, 6) is -0.177. The van der Waals surface area contributed by atoms with Crippen molar-refractivity contribution in [1.82, 2.24) is 10.4 Å². The monoisotopic (exact) mass is 337 g/mol. The minimum Gasteiger partial charge on any atom is -0.442 e. The Kier molecular flexibility index (Phi) is 4.96. The minimum atomic E-state index is -0.481. The molecule has 2 atom stereocenters. The van der Waals surface area contributed by atoms with E-state index in [-0.39, 0.29) is 25.5 Å². The summed E-state index contributed by atoms with van der Waals surface area (Å²) in [5, 5.41) is 3.36. The lowest BCUT2D eigenvalue weighted by Crippen LogP contribution is -2.35. The zero-order valence-electron chi connectivity index (χ0n) is 13.4. The van der Waals surface area contributed by atoms with Crippen molar-refractivity contribution in [3.05, 3.63) is 29.8 Å². The van der Waals surface area contributed by atoms with Crippen LogP contribution in [0.5, 0.6) is 0 Å². The van der Waals surface area contributed by atoms with E-state index in [0.717, 1.165) is 5.56 Å². The van der Waals surface area contributed by atoms with Crippen molar-refractivity contribution >= 4 is 17.7 Å². The summed E-state index contributed by atoms with van der Waals surface area (Å²) in [7, 11) is 0. The molecule has 130 valence electrons. The van der Waals surface area contributed by atoms with Gasteiger partial charge in [-0.15, -0.1) is 9.60 Å².